The number of nitrogens with zero attached hydrogens (tertiary/aromatic N) is 1. The van der Waals surface area contributed by atoms with E-state index < -0.39 is 12.2 Å². The van der Waals surface area contributed by atoms with Crippen LogP contribution in [0.25, 0.3) is 0 Å². The molecule has 1 aromatic rings. The Morgan fingerprint density at radius 1 is 1.33 bits per heavy atom. The maximum absolute atomic E-state index is 13.3. The number of ether oxygens (including phenoxy) is 1. The minimum Gasteiger partial charge on any atom is -0.380 e. The summed E-state index contributed by atoms with van der Waals surface area (Å²) in [5, 5.41) is 2.73. The van der Waals surface area contributed by atoms with Gasteiger partial charge in [0.2, 0.25) is 5.91 Å². The van der Waals surface area contributed by atoms with Crippen molar-refractivity contribution in [3.8, 4) is 0 Å². The van der Waals surface area contributed by atoms with Gasteiger partial charge in [-0.1, -0.05) is 24.3 Å². The second-order valence-electron chi connectivity index (χ2n) is 6.21. The van der Waals surface area contributed by atoms with Gasteiger partial charge in [0.1, 0.15) is 6.04 Å². The second kappa shape index (κ2) is 7.98. The van der Waals surface area contributed by atoms with Crippen LogP contribution >= 0.6 is 0 Å². The van der Waals surface area contributed by atoms with Crippen LogP contribution in [0.15, 0.2) is 24.3 Å². The van der Waals surface area contributed by atoms with E-state index in [0.717, 1.165) is 11.1 Å². The SMILES string of the molecule is COCc1cccc(CN2C[C@H](NC(C)=O)CC[C@@H]2C(F)(F)F)c1. The van der Waals surface area contributed by atoms with E-state index in [1.54, 1.807) is 7.11 Å². The van der Waals surface area contributed by atoms with Crippen LogP contribution in [0.3, 0.4) is 0 Å². The number of nitrogens with one attached hydrogen (secondary N) is 1. The van der Waals surface area contributed by atoms with Gasteiger partial charge >= 0.3 is 6.18 Å². The first kappa shape index (κ1) is 18.7. The summed E-state index contributed by atoms with van der Waals surface area (Å²) in [5.74, 6) is -0.215. The van der Waals surface area contributed by atoms with E-state index in [-0.39, 0.29) is 31.5 Å². The Bertz CT molecular complexity index is 563. The Morgan fingerprint density at radius 3 is 2.67 bits per heavy atom. The maximum atomic E-state index is 13.3. The predicted octanol–water partition coefficient (Wildman–Crippen LogP) is 2.86. The van der Waals surface area contributed by atoms with E-state index in [0.29, 0.717) is 13.0 Å². The van der Waals surface area contributed by atoms with Crippen LogP contribution in [0.1, 0.15) is 30.9 Å². The minimum atomic E-state index is -4.27. The Balaban J connectivity index is 2.14. The number of methoxy groups -OCH3 is 1. The summed E-state index contributed by atoms with van der Waals surface area (Å²) in [6.45, 7) is 2.19. The molecule has 0 aromatic heterocycles. The molecule has 1 aliphatic heterocycles. The zero-order valence-corrected chi connectivity index (χ0v) is 13.9. The third-order valence-corrected chi connectivity index (χ3v) is 4.16. The van der Waals surface area contributed by atoms with Crippen molar-refractivity contribution in [2.75, 3.05) is 13.7 Å². The molecule has 1 saturated heterocycles. The molecule has 0 spiro atoms. The first-order chi connectivity index (χ1) is 11.3. The van der Waals surface area contributed by atoms with Crippen LogP contribution in [0.5, 0.6) is 0 Å². The summed E-state index contributed by atoms with van der Waals surface area (Å²) in [6.07, 6.45) is -3.94. The molecule has 0 radical (unpaired) electrons. The number of piperidine rings is 1. The summed E-state index contributed by atoms with van der Waals surface area (Å²) in [5.41, 5.74) is 1.73. The van der Waals surface area contributed by atoms with Gasteiger partial charge in [0.15, 0.2) is 0 Å². The lowest BCUT2D eigenvalue weighted by atomic mass is 9.96. The van der Waals surface area contributed by atoms with Crippen LogP contribution in [-0.4, -0.2) is 42.7 Å². The molecule has 0 aliphatic carbocycles. The van der Waals surface area contributed by atoms with Gasteiger partial charge in [0.05, 0.1) is 6.61 Å². The molecule has 1 heterocycles. The van der Waals surface area contributed by atoms with E-state index in [1.165, 1.54) is 11.8 Å². The summed E-state index contributed by atoms with van der Waals surface area (Å²) in [4.78, 5) is 12.6. The Labute approximate surface area is 140 Å². The number of carbonyl (C=O) groups is 1. The van der Waals surface area contributed by atoms with Crippen LogP contribution in [0.4, 0.5) is 13.2 Å². The molecule has 0 unspecified atom stereocenters. The lowest BCUT2D eigenvalue weighted by Gasteiger charge is -2.40. The fraction of sp³-hybridized carbons (Fsp3) is 0.588. The molecule has 2 atom stereocenters. The Morgan fingerprint density at radius 2 is 2.04 bits per heavy atom. The number of benzene rings is 1. The van der Waals surface area contributed by atoms with Crippen LogP contribution in [-0.2, 0) is 22.7 Å². The quantitative estimate of drug-likeness (QED) is 0.893. The van der Waals surface area contributed by atoms with E-state index in [1.807, 2.05) is 24.3 Å². The summed E-state index contributed by atoms with van der Waals surface area (Å²) >= 11 is 0. The second-order valence-corrected chi connectivity index (χ2v) is 6.21. The highest BCUT2D eigenvalue weighted by atomic mass is 19.4. The molecular formula is C17H23F3N2O2. The molecule has 1 fully saturated rings. The third kappa shape index (κ3) is 5.21. The molecule has 1 amide bonds. The maximum Gasteiger partial charge on any atom is 0.404 e. The van der Waals surface area contributed by atoms with E-state index in [4.69, 9.17) is 4.74 Å². The highest BCUT2D eigenvalue weighted by molar-refractivity contribution is 5.73. The van der Waals surface area contributed by atoms with Crippen LogP contribution < -0.4 is 5.32 Å². The van der Waals surface area contributed by atoms with Gasteiger partial charge in [-0.15, -0.1) is 0 Å². The number of halogens is 3. The van der Waals surface area contributed by atoms with Crippen molar-refractivity contribution in [2.45, 2.75) is 51.2 Å². The first-order valence-electron chi connectivity index (χ1n) is 7.94. The number of rotatable bonds is 5. The lowest BCUT2D eigenvalue weighted by molar-refractivity contribution is -0.194. The van der Waals surface area contributed by atoms with Gasteiger partial charge in [-0.2, -0.15) is 13.2 Å². The van der Waals surface area contributed by atoms with Crippen molar-refractivity contribution >= 4 is 5.91 Å². The molecule has 0 saturated carbocycles. The third-order valence-electron chi connectivity index (χ3n) is 4.16. The molecule has 0 bridgehead atoms. The van der Waals surface area contributed by atoms with Crippen molar-refractivity contribution < 1.29 is 22.7 Å². The number of hydrogen-bond donors (Lipinski definition) is 1. The normalized spacial score (nSPS) is 22.4. The van der Waals surface area contributed by atoms with Gasteiger partial charge in [-0.25, -0.2) is 0 Å². The average molecular weight is 344 g/mol. The number of likely N-dealkylation sites (tertiary alicyclic amines) is 1. The monoisotopic (exact) mass is 344 g/mol. The number of hydrogen-bond acceptors (Lipinski definition) is 3. The predicted molar refractivity (Wildman–Crippen MR) is 84.2 cm³/mol. The van der Waals surface area contributed by atoms with Crippen molar-refractivity contribution in [2.24, 2.45) is 0 Å². The molecule has 1 aliphatic rings. The van der Waals surface area contributed by atoms with Crippen LogP contribution in [0.2, 0.25) is 0 Å². The van der Waals surface area contributed by atoms with Crippen molar-refractivity contribution in [3.63, 3.8) is 0 Å². The molecule has 1 aromatic carbocycles. The topological polar surface area (TPSA) is 41.6 Å². The molecule has 1 N–H and O–H groups in total. The first-order valence-corrected chi connectivity index (χ1v) is 7.94. The van der Waals surface area contributed by atoms with E-state index in [2.05, 4.69) is 5.32 Å². The summed E-state index contributed by atoms with van der Waals surface area (Å²) in [6, 6.07) is 5.65. The Kier molecular flexibility index (Phi) is 6.23. The molecule has 134 valence electrons. The largest absolute Gasteiger partial charge is 0.404 e. The van der Waals surface area contributed by atoms with Crippen molar-refractivity contribution in [1.82, 2.24) is 10.2 Å². The van der Waals surface area contributed by atoms with Crippen molar-refractivity contribution in [1.29, 1.82) is 0 Å². The zero-order valence-electron chi connectivity index (χ0n) is 13.9. The van der Waals surface area contributed by atoms with Gasteiger partial charge in [-0.05, 0) is 24.0 Å². The summed E-state index contributed by atoms with van der Waals surface area (Å²) in [7, 11) is 1.58. The Hall–Kier alpha value is -1.60. The van der Waals surface area contributed by atoms with Gasteiger partial charge in [-0.3, -0.25) is 9.69 Å². The number of alkyl halides is 3. The average Bonchev–Trinajstić information content (AvgIpc) is 2.46. The van der Waals surface area contributed by atoms with E-state index in [9.17, 15) is 18.0 Å². The highest BCUT2D eigenvalue weighted by Crippen LogP contribution is 2.33. The molecule has 7 heteroatoms. The smallest absolute Gasteiger partial charge is 0.380 e. The molecule has 4 nitrogen and oxygen atoms in total. The van der Waals surface area contributed by atoms with Crippen LogP contribution in [0, 0.1) is 0 Å². The zero-order chi connectivity index (χ0) is 17.7. The van der Waals surface area contributed by atoms with Gasteiger partial charge < -0.3 is 10.1 Å². The fourth-order valence-electron chi connectivity index (χ4n) is 3.21. The highest BCUT2D eigenvalue weighted by Gasteiger charge is 2.46. The van der Waals surface area contributed by atoms with Gasteiger partial charge in [0.25, 0.3) is 0 Å². The minimum absolute atomic E-state index is 0.00773. The fourth-order valence-corrected chi connectivity index (χ4v) is 3.21. The lowest BCUT2D eigenvalue weighted by Crippen LogP contribution is -2.55. The van der Waals surface area contributed by atoms with E-state index >= 15 is 0 Å². The standard InChI is InChI=1S/C17H23F3N2O2/c1-12(23)21-15-6-7-16(17(18,19)20)22(10-15)9-13-4-3-5-14(8-13)11-24-2/h3-5,8,15-16H,6-7,9-11H2,1-2H3,(H,21,23)/t15-,16-/m1/s1. The van der Waals surface area contributed by atoms with Gasteiger partial charge in [0, 0.05) is 33.2 Å². The molecule has 24 heavy (non-hydrogen) atoms. The summed E-state index contributed by atoms with van der Waals surface area (Å²) < 4.78 is 45.1. The van der Waals surface area contributed by atoms with Crippen molar-refractivity contribution in [3.05, 3.63) is 35.4 Å². The molecular weight excluding hydrogens is 321 g/mol. The molecule has 2 rings (SSSR count). The number of amides is 1. The number of carbonyl (C=O) groups excluding carboxylic acids is 1.